The number of aryl methyl sites for hydroxylation is 1. The van der Waals surface area contributed by atoms with Gasteiger partial charge in [-0.25, -0.2) is 4.98 Å². The van der Waals surface area contributed by atoms with Gasteiger partial charge in [-0.2, -0.15) is 0 Å². The molecule has 0 saturated carbocycles. The number of nitrogens with zero attached hydrogens (tertiary/aromatic N) is 1. The number of carboxylic acid groups (broad SMARTS) is 1. The van der Waals surface area contributed by atoms with Crippen molar-refractivity contribution in [3.05, 3.63) is 23.4 Å². The molecule has 1 aliphatic rings. The summed E-state index contributed by atoms with van der Waals surface area (Å²) in [6.07, 6.45) is 8.92. The number of carboxylic acids is 1. The van der Waals surface area contributed by atoms with Crippen molar-refractivity contribution >= 4 is 11.8 Å². The van der Waals surface area contributed by atoms with E-state index in [0.29, 0.717) is 6.42 Å². The van der Waals surface area contributed by atoms with Gasteiger partial charge in [-0.3, -0.25) is 4.79 Å². The number of nitrogens with one attached hydrogen (secondary N) is 1. The van der Waals surface area contributed by atoms with E-state index in [1.165, 1.54) is 24.1 Å². The molecule has 0 unspecified atom stereocenters. The van der Waals surface area contributed by atoms with Gasteiger partial charge < -0.3 is 10.4 Å². The van der Waals surface area contributed by atoms with E-state index in [9.17, 15) is 4.79 Å². The number of aromatic nitrogens is 1. The van der Waals surface area contributed by atoms with Crippen molar-refractivity contribution in [1.82, 2.24) is 4.98 Å². The highest BCUT2D eigenvalue weighted by atomic mass is 16.4. The van der Waals surface area contributed by atoms with E-state index in [2.05, 4.69) is 31.3 Å². The van der Waals surface area contributed by atoms with Crippen molar-refractivity contribution in [2.24, 2.45) is 0 Å². The Morgan fingerprint density at radius 1 is 1.18 bits per heavy atom. The first-order valence-corrected chi connectivity index (χ1v) is 8.45. The molecule has 2 heterocycles. The first-order valence-electron chi connectivity index (χ1n) is 8.45. The van der Waals surface area contributed by atoms with Gasteiger partial charge >= 0.3 is 5.97 Å². The Balaban J connectivity index is 1.61. The number of hydrogen-bond acceptors (Lipinski definition) is 3. The lowest BCUT2D eigenvalue weighted by Crippen LogP contribution is -2.27. The first-order chi connectivity index (χ1) is 10.5. The van der Waals surface area contributed by atoms with Crippen LogP contribution in [-0.4, -0.2) is 21.6 Å². The fourth-order valence-corrected chi connectivity index (χ4v) is 3.05. The first kappa shape index (κ1) is 16.8. The zero-order valence-corrected chi connectivity index (χ0v) is 13.8. The molecule has 0 radical (unpaired) electrons. The minimum atomic E-state index is -0.681. The maximum absolute atomic E-state index is 10.4. The number of hydrogen-bond donors (Lipinski definition) is 2. The molecule has 0 spiro atoms. The van der Waals surface area contributed by atoms with E-state index in [4.69, 9.17) is 10.1 Å². The molecule has 1 aromatic heterocycles. The van der Waals surface area contributed by atoms with Crippen LogP contribution in [-0.2, 0) is 17.6 Å². The van der Waals surface area contributed by atoms with E-state index in [0.717, 1.165) is 44.3 Å². The van der Waals surface area contributed by atoms with Gasteiger partial charge in [0.1, 0.15) is 5.82 Å². The predicted octanol–water partition coefficient (Wildman–Crippen LogP) is 4.19. The van der Waals surface area contributed by atoms with Crippen LogP contribution in [0.15, 0.2) is 12.1 Å². The molecule has 0 fully saturated rings. The molecule has 0 bridgehead atoms. The summed E-state index contributed by atoms with van der Waals surface area (Å²) in [6.45, 7) is 4.41. The summed E-state index contributed by atoms with van der Waals surface area (Å²) in [5.41, 5.74) is 2.63. The van der Waals surface area contributed by atoms with Crippen LogP contribution in [0.2, 0.25) is 0 Å². The molecule has 0 amide bonds. The Hall–Kier alpha value is -1.58. The fraction of sp³-hybridized carbons (Fsp3) is 0.667. The van der Waals surface area contributed by atoms with Gasteiger partial charge in [-0.05, 0) is 51.2 Å². The molecule has 4 heteroatoms. The summed E-state index contributed by atoms with van der Waals surface area (Å²) in [5.74, 6) is 0.385. The van der Waals surface area contributed by atoms with Crippen molar-refractivity contribution in [3.63, 3.8) is 0 Å². The van der Waals surface area contributed by atoms with Crippen LogP contribution < -0.4 is 5.32 Å². The third kappa shape index (κ3) is 5.32. The molecule has 2 rings (SSSR count). The number of fused-ring (bicyclic) bond motifs is 1. The van der Waals surface area contributed by atoms with Crippen LogP contribution in [0.4, 0.5) is 5.82 Å². The minimum absolute atomic E-state index is 0.129. The lowest BCUT2D eigenvalue weighted by atomic mass is 10.0. The van der Waals surface area contributed by atoms with Crippen LogP contribution in [0.1, 0.15) is 70.1 Å². The fourth-order valence-electron chi connectivity index (χ4n) is 3.05. The zero-order valence-electron chi connectivity index (χ0n) is 13.8. The van der Waals surface area contributed by atoms with E-state index in [1.54, 1.807) is 0 Å². The van der Waals surface area contributed by atoms with Gasteiger partial charge in [-0.1, -0.05) is 31.7 Å². The van der Waals surface area contributed by atoms with Crippen molar-refractivity contribution in [3.8, 4) is 0 Å². The summed E-state index contributed by atoms with van der Waals surface area (Å²) in [4.78, 5) is 15.1. The smallest absolute Gasteiger partial charge is 0.303 e. The minimum Gasteiger partial charge on any atom is -0.481 e. The SMILES string of the molecule is CC1(C)Cc2ccc(CCCCCCCCC(=O)O)nc2N1. The van der Waals surface area contributed by atoms with Crippen molar-refractivity contribution < 1.29 is 9.90 Å². The average molecular weight is 304 g/mol. The molecule has 1 aliphatic heterocycles. The highest BCUT2D eigenvalue weighted by Crippen LogP contribution is 2.30. The Labute approximate surface area is 133 Å². The Morgan fingerprint density at radius 2 is 1.86 bits per heavy atom. The van der Waals surface area contributed by atoms with Gasteiger partial charge in [0.25, 0.3) is 0 Å². The molecular formula is C18H28N2O2. The average Bonchev–Trinajstić information content (AvgIpc) is 2.74. The van der Waals surface area contributed by atoms with Crippen LogP contribution in [0.5, 0.6) is 0 Å². The van der Waals surface area contributed by atoms with Gasteiger partial charge in [-0.15, -0.1) is 0 Å². The predicted molar refractivity (Wildman–Crippen MR) is 89.3 cm³/mol. The third-order valence-corrected chi connectivity index (χ3v) is 4.20. The van der Waals surface area contributed by atoms with Crippen LogP contribution in [0.3, 0.4) is 0 Å². The quantitative estimate of drug-likeness (QED) is 0.672. The van der Waals surface area contributed by atoms with Crippen LogP contribution in [0, 0.1) is 0 Å². The molecule has 1 aromatic rings. The topological polar surface area (TPSA) is 62.2 Å². The monoisotopic (exact) mass is 304 g/mol. The molecule has 2 N–H and O–H groups in total. The van der Waals surface area contributed by atoms with Gasteiger partial charge in [0.2, 0.25) is 0 Å². The molecule has 0 saturated heterocycles. The zero-order chi connectivity index (χ0) is 16.0. The molecule has 22 heavy (non-hydrogen) atoms. The molecule has 0 aliphatic carbocycles. The highest BCUT2D eigenvalue weighted by molar-refractivity contribution is 5.66. The molecule has 4 nitrogen and oxygen atoms in total. The summed E-state index contributed by atoms with van der Waals surface area (Å²) < 4.78 is 0. The Morgan fingerprint density at radius 3 is 2.59 bits per heavy atom. The number of anilines is 1. The van der Waals surface area contributed by atoms with Crippen LogP contribution >= 0.6 is 0 Å². The standard InChI is InChI=1S/C18H28N2O2/c1-18(2)13-14-11-12-15(19-17(14)20-18)9-7-5-3-4-6-8-10-16(21)22/h11-12H,3-10,13H2,1-2H3,(H,19,20)(H,21,22). The maximum atomic E-state index is 10.4. The van der Waals surface area contributed by atoms with E-state index >= 15 is 0 Å². The lowest BCUT2D eigenvalue weighted by molar-refractivity contribution is -0.137. The van der Waals surface area contributed by atoms with Crippen molar-refractivity contribution in [1.29, 1.82) is 0 Å². The molecule has 0 aromatic carbocycles. The third-order valence-electron chi connectivity index (χ3n) is 4.20. The largest absolute Gasteiger partial charge is 0.481 e. The van der Waals surface area contributed by atoms with Gasteiger partial charge in [0, 0.05) is 17.7 Å². The van der Waals surface area contributed by atoms with E-state index in [-0.39, 0.29) is 5.54 Å². The number of unbranched alkanes of at least 4 members (excludes halogenated alkanes) is 5. The summed E-state index contributed by atoms with van der Waals surface area (Å²) >= 11 is 0. The summed E-state index contributed by atoms with van der Waals surface area (Å²) in [7, 11) is 0. The number of pyridine rings is 1. The van der Waals surface area contributed by atoms with E-state index in [1.807, 2.05) is 0 Å². The highest BCUT2D eigenvalue weighted by Gasteiger charge is 2.28. The second-order valence-corrected chi connectivity index (χ2v) is 7.01. The second-order valence-electron chi connectivity index (χ2n) is 7.01. The molecule has 0 atom stereocenters. The van der Waals surface area contributed by atoms with Crippen LogP contribution in [0.25, 0.3) is 0 Å². The Kier molecular flexibility index (Phi) is 5.81. The van der Waals surface area contributed by atoms with E-state index < -0.39 is 5.97 Å². The number of carbonyl (C=O) groups is 1. The molecule has 122 valence electrons. The van der Waals surface area contributed by atoms with Crippen molar-refractivity contribution in [2.75, 3.05) is 5.32 Å². The maximum Gasteiger partial charge on any atom is 0.303 e. The second kappa shape index (κ2) is 7.61. The lowest BCUT2D eigenvalue weighted by Gasteiger charge is -2.17. The van der Waals surface area contributed by atoms with Gasteiger partial charge in [0.05, 0.1) is 0 Å². The number of rotatable bonds is 9. The van der Waals surface area contributed by atoms with Gasteiger partial charge in [0.15, 0.2) is 0 Å². The number of aliphatic carboxylic acids is 1. The summed E-state index contributed by atoms with van der Waals surface area (Å²) in [5, 5.41) is 12.1. The van der Waals surface area contributed by atoms with Crippen molar-refractivity contribution in [2.45, 2.75) is 77.2 Å². The summed E-state index contributed by atoms with van der Waals surface area (Å²) in [6, 6.07) is 4.38. The Bertz CT molecular complexity index is 512. The molecular weight excluding hydrogens is 276 g/mol. The normalized spacial score (nSPS) is 15.4.